The van der Waals surface area contributed by atoms with Gasteiger partial charge in [0.05, 0.1) is 6.61 Å². The van der Waals surface area contributed by atoms with Crippen LogP contribution in [0.1, 0.15) is 26.7 Å². The first-order valence-corrected chi connectivity index (χ1v) is 6.28. The first-order valence-electron chi connectivity index (χ1n) is 6.28. The van der Waals surface area contributed by atoms with E-state index in [9.17, 15) is 0 Å². The topological polar surface area (TPSA) is 38.5 Å². The normalized spacial score (nSPS) is 28.2. The van der Waals surface area contributed by atoms with Gasteiger partial charge in [-0.1, -0.05) is 13.8 Å². The molecule has 15 heavy (non-hydrogen) atoms. The van der Waals surface area contributed by atoms with Gasteiger partial charge in [-0.2, -0.15) is 0 Å². The number of nitrogens with zero attached hydrogens (tertiary/aromatic N) is 1. The van der Waals surface area contributed by atoms with E-state index in [1.807, 2.05) is 0 Å². The van der Waals surface area contributed by atoms with Crippen molar-refractivity contribution < 1.29 is 4.74 Å². The van der Waals surface area contributed by atoms with Crippen LogP contribution in [0.2, 0.25) is 0 Å². The molecule has 1 saturated heterocycles. The van der Waals surface area contributed by atoms with E-state index in [1.54, 1.807) is 0 Å². The quantitative estimate of drug-likeness (QED) is 0.678. The van der Waals surface area contributed by atoms with Crippen molar-refractivity contribution in [2.75, 3.05) is 39.4 Å². The van der Waals surface area contributed by atoms with Gasteiger partial charge in [-0.3, -0.25) is 0 Å². The highest BCUT2D eigenvalue weighted by molar-refractivity contribution is 4.78. The Balaban J connectivity index is 2.14. The van der Waals surface area contributed by atoms with Gasteiger partial charge >= 0.3 is 0 Å². The molecule has 0 spiro atoms. The van der Waals surface area contributed by atoms with Gasteiger partial charge < -0.3 is 15.4 Å². The summed E-state index contributed by atoms with van der Waals surface area (Å²) < 4.78 is 5.51. The van der Waals surface area contributed by atoms with Gasteiger partial charge in [0.15, 0.2) is 0 Å². The Bertz CT molecular complexity index is 164. The Morgan fingerprint density at radius 1 is 1.40 bits per heavy atom. The molecule has 90 valence electrons. The summed E-state index contributed by atoms with van der Waals surface area (Å²) in [4.78, 5) is 2.49. The third-order valence-corrected chi connectivity index (χ3v) is 3.40. The zero-order valence-corrected chi connectivity index (χ0v) is 10.2. The number of rotatable bonds is 6. The van der Waals surface area contributed by atoms with Crippen LogP contribution < -0.4 is 5.73 Å². The van der Waals surface area contributed by atoms with E-state index in [-0.39, 0.29) is 0 Å². The molecule has 2 unspecified atom stereocenters. The molecular formula is C12H26N2O. The van der Waals surface area contributed by atoms with Crippen molar-refractivity contribution in [3.05, 3.63) is 0 Å². The van der Waals surface area contributed by atoms with Gasteiger partial charge in [-0.05, 0) is 37.8 Å². The van der Waals surface area contributed by atoms with Crippen LogP contribution in [0.25, 0.3) is 0 Å². The van der Waals surface area contributed by atoms with Crippen molar-refractivity contribution in [2.24, 2.45) is 17.6 Å². The minimum absolute atomic E-state index is 0.685. The van der Waals surface area contributed by atoms with Crippen LogP contribution in [-0.4, -0.2) is 44.3 Å². The SMILES string of the molecule is CCCOCCN1CCC(C)C(CN)C1. The van der Waals surface area contributed by atoms with Crippen molar-refractivity contribution in [1.82, 2.24) is 4.90 Å². The van der Waals surface area contributed by atoms with E-state index < -0.39 is 0 Å². The van der Waals surface area contributed by atoms with Crippen molar-refractivity contribution >= 4 is 0 Å². The lowest BCUT2D eigenvalue weighted by Crippen LogP contribution is -2.43. The van der Waals surface area contributed by atoms with E-state index in [0.29, 0.717) is 5.92 Å². The molecule has 0 amide bonds. The maximum atomic E-state index is 5.77. The fraction of sp³-hybridized carbons (Fsp3) is 1.00. The molecule has 2 atom stereocenters. The monoisotopic (exact) mass is 214 g/mol. The third-order valence-electron chi connectivity index (χ3n) is 3.40. The summed E-state index contributed by atoms with van der Waals surface area (Å²) in [5.41, 5.74) is 5.77. The average Bonchev–Trinajstić information content (AvgIpc) is 2.26. The van der Waals surface area contributed by atoms with Crippen LogP contribution >= 0.6 is 0 Å². The van der Waals surface area contributed by atoms with Crippen molar-refractivity contribution in [3.8, 4) is 0 Å². The molecule has 0 aliphatic carbocycles. The Labute approximate surface area is 94.0 Å². The average molecular weight is 214 g/mol. The lowest BCUT2D eigenvalue weighted by Gasteiger charge is -2.36. The standard InChI is InChI=1S/C12H26N2O/c1-3-7-15-8-6-14-5-4-11(2)12(9-13)10-14/h11-12H,3-10,13H2,1-2H3. The van der Waals surface area contributed by atoms with E-state index >= 15 is 0 Å². The number of hydrogen-bond donors (Lipinski definition) is 1. The van der Waals surface area contributed by atoms with Gasteiger partial charge in [-0.25, -0.2) is 0 Å². The highest BCUT2D eigenvalue weighted by Gasteiger charge is 2.24. The van der Waals surface area contributed by atoms with E-state index in [0.717, 1.165) is 45.2 Å². The lowest BCUT2D eigenvalue weighted by molar-refractivity contribution is 0.0722. The molecule has 0 aromatic heterocycles. The molecular weight excluding hydrogens is 188 g/mol. The second-order valence-electron chi connectivity index (χ2n) is 4.67. The summed E-state index contributed by atoms with van der Waals surface area (Å²) in [6.07, 6.45) is 2.40. The van der Waals surface area contributed by atoms with E-state index in [4.69, 9.17) is 10.5 Å². The molecule has 0 aromatic rings. The molecule has 1 rings (SSSR count). The number of ether oxygens (including phenoxy) is 1. The molecule has 0 saturated carbocycles. The highest BCUT2D eigenvalue weighted by Crippen LogP contribution is 2.21. The second kappa shape index (κ2) is 7.20. The van der Waals surface area contributed by atoms with Crippen LogP contribution in [0.5, 0.6) is 0 Å². The van der Waals surface area contributed by atoms with Gasteiger partial charge in [0.25, 0.3) is 0 Å². The van der Waals surface area contributed by atoms with Crippen LogP contribution in [0.15, 0.2) is 0 Å². The number of piperidine rings is 1. The summed E-state index contributed by atoms with van der Waals surface area (Å²) in [7, 11) is 0. The predicted molar refractivity (Wildman–Crippen MR) is 63.9 cm³/mol. The minimum atomic E-state index is 0.685. The van der Waals surface area contributed by atoms with Crippen molar-refractivity contribution in [2.45, 2.75) is 26.7 Å². The van der Waals surface area contributed by atoms with Crippen LogP contribution in [-0.2, 0) is 4.74 Å². The highest BCUT2D eigenvalue weighted by atomic mass is 16.5. The van der Waals surface area contributed by atoms with Crippen LogP contribution in [0.4, 0.5) is 0 Å². The number of nitrogens with two attached hydrogens (primary N) is 1. The molecule has 2 N–H and O–H groups in total. The number of likely N-dealkylation sites (tertiary alicyclic amines) is 1. The van der Waals surface area contributed by atoms with E-state index in [1.165, 1.54) is 13.0 Å². The Morgan fingerprint density at radius 2 is 2.20 bits per heavy atom. The minimum Gasteiger partial charge on any atom is -0.380 e. The second-order valence-corrected chi connectivity index (χ2v) is 4.67. The van der Waals surface area contributed by atoms with Crippen LogP contribution in [0, 0.1) is 11.8 Å². The molecule has 1 aliphatic heterocycles. The third kappa shape index (κ3) is 4.49. The first-order chi connectivity index (χ1) is 7.27. The zero-order chi connectivity index (χ0) is 11.1. The summed E-state index contributed by atoms with van der Waals surface area (Å²) in [6, 6.07) is 0. The molecule has 1 aliphatic rings. The Kier molecular flexibility index (Phi) is 6.22. The first kappa shape index (κ1) is 12.9. The van der Waals surface area contributed by atoms with Crippen LogP contribution in [0.3, 0.4) is 0 Å². The van der Waals surface area contributed by atoms with Gasteiger partial charge in [0.2, 0.25) is 0 Å². The molecule has 1 fully saturated rings. The molecule has 3 heteroatoms. The molecule has 1 heterocycles. The maximum Gasteiger partial charge on any atom is 0.0593 e. The largest absolute Gasteiger partial charge is 0.380 e. The summed E-state index contributed by atoms with van der Waals surface area (Å²) in [5, 5.41) is 0. The van der Waals surface area contributed by atoms with Gasteiger partial charge in [-0.15, -0.1) is 0 Å². The van der Waals surface area contributed by atoms with Gasteiger partial charge in [0, 0.05) is 19.7 Å². The maximum absolute atomic E-state index is 5.77. The molecule has 3 nitrogen and oxygen atoms in total. The Hall–Kier alpha value is -0.120. The van der Waals surface area contributed by atoms with E-state index in [2.05, 4.69) is 18.7 Å². The van der Waals surface area contributed by atoms with Crippen molar-refractivity contribution in [3.63, 3.8) is 0 Å². The predicted octanol–water partition coefficient (Wildman–Crippen LogP) is 1.33. The summed E-state index contributed by atoms with van der Waals surface area (Å²) in [5.74, 6) is 1.48. The summed E-state index contributed by atoms with van der Waals surface area (Å²) >= 11 is 0. The zero-order valence-electron chi connectivity index (χ0n) is 10.2. The number of hydrogen-bond acceptors (Lipinski definition) is 3. The smallest absolute Gasteiger partial charge is 0.0593 e. The molecule has 0 radical (unpaired) electrons. The van der Waals surface area contributed by atoms with Gasteiger partial charge in [0.1, 0.15) is 0 Å². The Morgan fingerprint density at radius 3 is 2.87 bits per heavy atom. The van der Waals surface area contributed by atoms with Crippen molar-refractivity contribution in [1.29, 1.82) is 0 Å². The summed E-state index contributed by atoms with van der Waals surface area (Å²) in [6.45, 7) is 10.5. The fourth-order valence-electron chi connectivity index (χ4n) is 2.17. The fourth-order valence-corrected chi connectivity index (χ4v) is 2.17. The lowest BCUT2D eigenvalue weighted by atomic mass is 9.87. The molecule has 0 aromatic carbocycles. The molecule has 0 bridgehead atoms.